The van der Waals surface area contributed by atoms with E-state index in [1.165, 1.54) is 0 Å². The Kier molecular flexibility index (Phi) is 6.05. The zero-order valence-corrected chi connectivity index (χ0v) is 15.8. The van der Waals surface area contributed by atoms with E-state index in [-0.39, 0.29) is 11.5 Å². The van der Waals surface area contributed by atoms with Gasteiger partial charge in [-0.3, -0.25) is 9.78 Å². The van der Waals surface area contributed by atoms with Crippen LogP contribution in [0.5, 0.6) is 5.75 Å². The number of rotatable bonds is 6. The number of ether oxygens (including phenoxy) is 1. The molecule has 0 aliphatic rings. The van der Waals surface area contributed by atoms with Crippen molar-refractivity contribution < 1.29 is 4.74 Å². The number of nitrogens with zero attached hydrogens (tertiary/aromatic N) is 3. The molecule has 0 saturated carbocycles. The molecule has 1 heterocycles. The first-order valence-electron chi connectivity index (χ1n) is 7.91. The minimum Gasteiger partial charge on any atom is -0.489 e. The number of aromatic nitrogens is 3. The molecule has 0 fully saturated rings. The van der Waals surface area contributed by atoms with Gasteiger partial charge in [-0.25, -0.2) is 5.43 Å². The lowest BCUT2D eigenvalue weighted by Crippen LogP contribution is -2.15. The summed E-state index contributed by atoms with van der Waals surface area (Å²) in [4.78, 5) is 14.0. The van der Waals surface area contributed by atoms with Crippen molar-refractivity contribution >= 4 is 35.4 Å². The van der Waals surface area contributed by atoms with Crippen LogP contribution in [0.15, 0.2) is 52.4 Å². The molecule has 1 aromatic heterocycles. The Hall–Kier alpha value is -2.90. The average molecular weight is 404 g/mol. The Bertz CT molecular complexity index is 1020. The minimum atomic E-state index is -0.314. The summed E-state index contributed by atoms with van der Waals surface area (Å²) in [6, 6.07) is 12.7. The molecule has 0 atom stereocenters. The maximum Gasteiger partial charge on any atom is 0.274 e. The van der Waals surface area contributed by atoms with Crippen LogP contribution in [0.4, 0.5) is 5.95 Å². The smallest absolute Gasteiger partial charge is 0.274 e. The van der Waals surface area contributed by atoms with E-state index >= 15 is 0 Å². The van der Waals surface area contributed by atoms with Gasteiger partial charge in [0.1, 0.15) is 18.1 Å². The van der Waals surface area contributed by atoms with Gasteiger partial charge in [0.25, 0.3) is 5.56 Å². The number of hydrogen-bond donors (Lipinski definition) is 2. The average Bonchev–Trinajstić information content (AvgIpc) is 2.66. The highest BCUT2D eigenvalue weighted by Gasteiger charge is 2.01. The molecule has 3 aromatic rings. The van der Waals surface area contributed by atoms with Crippen molar-refractivity contribution in [2.75, 3.05) is 5.43 Å². The summed E-state index contributed by atoms with van der Waals surface area (Å²) in [7, 11) is 0. The van der Waals surface area contributed by atoms with E-state index in [2.05, 4.69) is 25.7 Å². The van der Waals surface area contributed by atoms with Crippen LogP contribution in [-0.4, -0.2) is 21.4 Å². The van der Waals surface area contributed by atoms with E-state index in [0.29, 0.717) is 28.1 Å². The van der Waals surface area contributed by atoms with Gasteiger partial charge in [-0.15, -0.1) is 10.2 Å². The van der Waals surface area contributed by atoms with Gasteiger partial charge in [-0.2, -0.15) is 5.10 Å². The number of H-pyrrole nitrogens is 1. The fourth-order valence-electron chi connectivity index (χ4n) is 2.06. The van der Waals surface area contributed by atoms with E-state index in [1.807, 2.05) is 30.3 Å². The fourth-order valence-corrected chi connectivity index (χ4v) is 2.38. The standard InChI is InChI=1S/C18H15Cl2N5O2/c1-11-17(26)22-18(25-23-11)24-21-9-12-2-5-14(6-3-12)27-10-13-4-7-15(19)16(20)8-13/h2-9H,10H2,1H3,(H2,22,24,25,26)/b21-9+. The van der Waals surface area contributed by atoms with Gasteiger partial charge in [0.05, 0.1) is 16.3 Å². The van der Waals surface area contributed by atoms with E-state index in [0.717, 1.165) is 11.1 Å². The van der Waals surface area contributed by atoms with Crippen LogP contribution in [0.1, 0.15) is 16.8 Å². The summed E-state index contributed by atoms with van der Waals surface area (Å²) in [5.41, 5.74) is 4.36. The summed E-state index contributed by atoms with van der Waals surface area (Å²) in [6.45, 7) is 1.95. The third kappa shape index (κ3) is 5.29. The Labute approximate surface area is 165 Å². The molecular formula is C18H15Cl2N5O2. The van der Waals surface area contributed by atoms with Crippen molar-refractivity contribution in [1.29, 1.82) is 0 Å². The van der Waals surface area contributed by atoms with Crippen molar-refractivity contribution in [2.45, 2.75) is 13.5 Å². The third-order valence-electron chi connectivity index (χ3n) is 3.51. The zero-order valence-electron chi connectivity index (χ0n) is 14.2. The molecule has 0 amide bonds. The molecular weight excluding hydrogens is 389 g/mol. The van der Waals surface area contributed by atoms with Crippen LogP contribution in [0, 0.1) is 6.92 Å². The summed E-state index contributed by atoms with van der Waals surface area (Å²) < 4.78 is 5.72. The number of halogens is 2. The SMILES string of the molecule is Cc1nnc(N/N=C/c2ccc(OCc3ccc(Cl)c(Cl)c3)cc2)[nH]c1=O. The topological polar surface area (TPSA) is 92.3 Å². The number of hydrazone groups is 1. The first-order valence-corrected chi connectivity index (χ1v) is 8.66. The number of hydrogen-bond acceptors (Lipinski definition) is 6. The second-order valence-corrected chi connectivity index (χ2v) is 6.38. The van der Waals surface area contributed by atoms with Gasteiger partial charge in [0.2, 0.25) is 5.95 Å². The molecule has 3 rings (SSSR count). The molecule has 2 N–H and O–H groups in total. The molecule has 0 saturated heterocycles. The van der Waals surface area contributed by atoms with Crippen molar-refractivity contribution in [1.82, 2.24) is 15.2 Å². The van der Waals surface area contributed by atoms with Crippen LogP contribution in [0.25, 0.3) is 0 Å². The number of aromatic amines is 1. The van der Waals surface area contributed by atoms with E-state index in [4.69, 9.17) is 27.9 Å². The first-order chi connectivity index (χ1) is 13.0. The summed E-state index contributed by atoms with van der Waals surface area (Å²) in [5.74, 6) is 0.878. The summed E-state index contributed by atoms with van der Waals surface area (Å²) in [6.07, 6.45) is 1.59. The summed E-state index contributed by atoms with van der Waals surface area (Å²) in [5, 5.41) is 12.5. The zero-order chi connectivity index (χ0) is 19.2. The maximum atomic E-state index is 11.4. The largest absolute Gasteiger partial charge is 0.489 e. The minimum absolute atomic E-state index is 0.170. The van der Waals surface area contributed by atoms with Gasteiger partial charge in [0, 0.05) is 0 Å². The molecule has 0 radical (unpaired) electrons. The van der Waals surface area contributed by atoms with Gasteiger partial charge in [0.15, 0.2) is 0 Å². The van der Waals surface area contributed by atoms with E-state index in [1.54, 1.807) is 25.3 Å². The monoisotopic (exact) mass is 403 g/mol. The van der Waals surface area contributed by atoms with Crippen molar-refractivity contribution in [3.63, 3.8) is 0 Å². The van der Waals surface area contributed by atoms with Crippen LogP contribution in [-0.2, 0) is 6.61 Å². The van der Waals surface area contributed by atoms with Crippen molar-refractivity contribution in [3.05, 3.63) is 79.7 Å². The number of nitrogens with one attached hydrogen (secondary N) is 2. The molecule has 27 heavy (non-hydrogen) atoms. The second-order valence-electron chi connectivity index (χ2n) is 5.56. The number of aryl methyl sites for hydroxylation is 1. The highest BCUT2D eigenvalue weighted by molar-refractivity contribution is 6.42. The lowest BCUT2D eigenvalue weighted by molar-refractivity contribution is 0.306. The summed E-state index contributed by atoms with van der Waals surface area (Å²) >= 11 is 11.9. The molecule has 9 heteroatoms. The predicted octanol–water partition coefficient (Wildman–Crippen LogP) is 3.81. The van der Waals surface area contributed by atoms with Gasteiger partial charge in [-0.1, -0.05) is 29.3 Å². The Morgan fingerprint density at radius 1 is 1.15 bits per heavy atom. The lowest BCUT2D eigenvalue weighted by Gasteiger charge is -2.07. The van der Waals surface area contributed by atoms with E-state index < -0.39 is 0 Å². The molecule has 0 aliphatic carbocycles. The quantitative estimate of drug-likeness (QED) is 0.482. The van der Waals surface area contributed by atoms with Crippen molar-refractivity contribution in [2.24, 2.45) is 5.10 Å². The molecule has 0 aliphatic heterocycles. The lowest BCUT2D eigenvalue weighted by atomic mass is 10.2. The number of anilines is 1. The van der Waals surface area contributed by atoms with Crippen LogP contribution in [0.2, 0.25) is 10.0 Å². The molecule has 138 valence electrons. The van der Waals surface area contributed by atoms with Gasteiger partial charge >= 0.3 is 0 Å². The first kappa shape index (κ1) is 18.9. The second kappa shape index (κ2) is 8.66. The molecule has 2 aromatic carbocycles. The molecule has 0 unspecified atom stereocenters. The highest BCUT2D eigenvalue weighted by Crippen LogP contribution is 2.23. The number of benzene rings is 2. The Morgan fingerprint density at radius 2 is 1.93 bits per heavy atom. The third-order valence-corrected chi connectivity index (χ3v) is 4.25. The normalized spacial score (nSPS) is 10.9. The Balaban J connectivity index is 1.55. The van der Waals surface area contributed by atoms with Crippen LogP contribution in [0.3, 0.4) is 0 Å². The van der Waals surface area contributed by atoms with Crippen LogP contribution >= 0.6 is 23.2 Å². The van der Waals surface area contributed by atoms with Gasteiger partial charge in [-0.05, 0) is 54.4 Å². The van der Waals surface area contributed by atoms with Gasteiger partial charge < -0.3 is 4.74 Å². The maximum absolute atomic E-state index is 11.4. The van der Waals surface area contributed by atoms with E-state index in [9.17, 15) is 4.79 Å². The highest BCUT2D eigenvalue weighted by atomic mass is 35.5. The fraction of sp³-hybridized carbons (Fsp3) is 0.111. The predicted molar refractivity (Wildman–Crippen MR) is 106 cm³/mol. The Morgan fingerprint density at radius 3 is 2.63 bits per heavy atom. The molecule has 0 spiro atoms. The van der Waals surface area contributed by atoms with Crippen molar-refractivity contribution in [3.8, 4) is 5.75 Å². The van der Waals surface area contributed by atoms with Crippen LogP contribution < -0.4 is 15.7 Å². The molecule has 7 nitrogen and oxygen atoms in total. The molecule has 0 bridgehead atoms.